The molecule has 0 saturated heterocycles. The molecule has 0 aliphatic heterocycles. The van der Waals surface area contributed by atoms with Gasteiger partial charge in [0.15, 0.2) is 16.1 Å². The minimum Gasteiger partial charge on any atom is -0.297 e. The van der Waals surface area contributed by atoms with E-state index in [1.54, 1.807) is 36.0 Å². The van der Waals surface area contributed by atoms with Gasteiger partial charge in [-0.1, -0.05) is 12.1 Å². The van der Waals surface area contributed by atoms with Gasteiger partial charge in [-0.2, -0.15) is 0 Å². The van der Waals surface area contributed by atoms with Crippen LogP contribution < -0.4 is 0 Å². The van der Waals surface area contributed by atoms with Gasteiger partial charge in [-0.15, -0.1) is 23.1 Å². The summed E-state index contributed by atoms with van der Waals surface area (Å²) in [5, 5.41) is 1.89. The Bertz CT molecular complexity index is 669. The van der Waals surface area contributed by atoms with Gasteiger partial charge in [-0.25, -0.2) is 8.42 Å². The summed E-state index contributed by atoms with van der Waals surface area (Å²) < 4.78 is 22.7. The van der Waals surface area contributed by atoms with Crippen LogP contribution in [0.5, 0.6) is 0 Å². The predicted octanol–water partition coefficient (Wildman–Crippen LogP) is 3.26. The Balaban J connectivity index is 2.07. The molecule has 0 aliphatic rings. The number of thioether (sulfide) groups is 1. The summed E-state index contributed by atoms with van der Waals surface area (Å²) in [5.74, 6) is 0.710. The number of thiophene rings is 1. The third-order valence-corrected chi connectivity index (χ3v) is 5.75. The fraction of sp³-hybridized carbons (Fsp3) is 0.154. The van der Waals surface area contributed by atoms with E-state index in [1.807, 2.05) is 11.4 Å². The van der Waals surface area contributed by atoms with Gasteiger partial charge in [0.25, 0.3) is 0 Å². The van der Waals surface area contributed by atoms with Crippen LogP contribution in [0.15, 0.2) is 45.5 Å². The highest BCUT2D eigenvalue weighted by atomic mass is 32.2. The predicted molar refractivity (Wildman–Crippen MR) is 78.8 cm³/mol. The fourth-order valence-electron chi connectivity index (χ4n) is 1.51. The lowest BCUT2D eigenvalue weighted by atomic mass is 10.2. The highest BCUT2D eigenvalue weighted by Crippen LogP contribution is 2.29. The molecule has 0 fully saturated rings. The molecule has 0 aliphatic carbocycles. The first-order valence-electron chi connectivity index (χ1n) is 5.45. The second-order valence-electron chi connectivity index (χ2n) is 3.97. The highest BCUT2D eigenvalue weighted by Gasteiger charge is 2.07. The molecule has 1 aromatic carbocycles. The molecular formula is C13H12O3S3. The summed E-state index contributed by atoms with van der Waals surface area (Å²) >= 11 is 3.00. The van der Waals surface area contributed by atoms with Gasteiger partial charge in [-0.3, -0.25) is 4.79 Å². The first-order chi connectivity index (χ1) is 9.00. The summed E-state index contributed by atoms with van der Waals surface area (Å²) in [4.78, 5) is 12.8. The fourth-order valence-corrected chi connectivity index (χ4v) is 4.01. The third-order valence-electron chi connectivity index (χ3n) is 2.51. The molecule has 2 aromatic rings. The minimum atomic E-state index is -3.14. The molecule has 0 bridgehead atoms. The Hall–Kier alpha value is -1.11. The molecule has 1 aromatic heterocycles. The SMILES string of the molecule is CS(=O)(=O)c1ccc(CSc2ccsc2C=O)cc1. The van der Waals surface area contributed by atoms with Crippen molar-refractivity contribution < 1.29 is 13.2 Å². The number of sulfone groups is 1. The van der Waals surface area contributed by atoms with Gasteiger partial charge in [0, 0.05) is 16.9 Å². The zero-order chi connectivity index (χ0) is 13.9. The molecule has 0 unspecified atom stereocenters. The molecule has 0 N–H and O–H groups in total. The van der Waals surface area contributed by atoms with Crippen molar-refractivity contribution >= 4 is 39.2 Å². The van der Waals surface area contributed by atoms with Crippen molar-refractivity contribution in [1.29, 1.82) is 0 Å². The van der Waals surface area contributed by atoms with Crippen molar-refractivity contribution in [3.63, 3.8) is 0 Å². The molecular weight excluding hydrogens is 300 g/mol. The van der Waals surface area contributed by atoms with E-state index < -0.39 is 9.84 Å². The largest absolute Gasteiger partial charge is 0.297 e. The lowest BCUT2D eigenvalue weighted by Gasteiger charge is -2.03. The van der Waals surface area contributed by atoms with E-state index in [0.29, 0.717) is 10.6 Å². The molecule has 0 radical (unpaired) electrons. The van der Waals surface area contributed by atoms with E-state index in [0.717, 1.165) is 21.6 Å². The number of benzene rings is 1. The standard InChI is InChI=1S/C13H12O3S3/c1-19(15,16)11-4-2-10(3-5-11)9-18-12-6-7-17-13(12)8-14/h2-8H,9H2,1H3. The zero-order valence-corrected chi connectivity index (χ0v) is 12.6. The Kier molecular flexibility index (Phi) is 4.44. The first kappa shape index (κ1) is 14.3. The van der Waals surface area contributed by atoms with Crippen molar-refractivity contribution in [2.75, 3.05) is 6.26 Å². The molecule has 3 nitrogen and oxygen atoms in total. The van der Waals surface area contributed by atoms with Crippen LogP contribution >= 0.6 is 23.1 Å². The smallest absolute Gasteiger partial charge is 0.175 e. The van der Waals surface area contributed by atoms with Crippen LogP contribution in [-0.4, -0.2) is 21.0 Å². The van der Waals surface area contributed by atoms with E-state index in [9.17, 15) is 13.2 Å². The van der Waals surface area contributed by atoms with Crippen LogP contribution in [0.25, 0.3) is 0 Å². The Labute approximate surface area is 120 Å². The highest BCUT2D eigenvalue weighted by molar-refractivity contribution is 7.98. The van der Waals surface area contributed by atoms with Crippen molar-refractivity contribution in [1.82, 2.24) is 0 Å². The number of aldehydes is 1. The van der Waals surface area contributed by atoms with E-state index in [-0.39, 0.29) is 0 Å². The Morgan fingerprint density at radius 1 is 1.21 bits per heavy atom. The van der Waals surface area contributed by atoms with Crippen molar-refractivity contribution in [3.05, 3.63) is 46.2 Å². The first-order valence-corrected chi connectivity index (χ1v) is 9.21. The topological polar surface area (TPSA) is 51.2 Å². The van der Waals surface area contributed by atoms with E-state index in [1.165, 1.54) is 17.6 Å². The van der Waals surface area contributed by atoms with E-state index in [4.69, 9.17) is 0 Å². The normalized spacial score (nSPS) is 11.4. The summed E-state index contributed by atoms with van der Waals surface area (Å²) in [6.07, 6.45) is 2.05. The average Bonchev–Trinajstić information content (AvgIpc) is 2.83. The lowest BCUT2D eigenvalue weighted by Crippen LogP contribution is -1.96. The van der Waals surface area contributed by atoms with E-state index >= 15 is 0 Å². The molecule has 2 rings (SSSR count). The molecule has 1 heterocycles. The number of hydrogen-bond acceptors (Lipinski definition) is 5. The molecule has 100 valence electrons. The van der Waals surface area contributed by atoms with Crippen LogP contribution in [0.4, 0.5) is 0 Å². The van der Waals surface area contributed by atoms with Gasteiger partial charge in [-0.05, 0) is 29.1 Å². The van der Waals surface area contributed by atoms with Gasteiger partial charge in [0.1, 0.15) is 0 Å². The van der Waals surface area contributed by atoms with Crippen molar-refractivity contribution in [2.45, 2.75) is 15.5 Å². The van der Waals surface area contributed by atoms with Crippen molar-refractivity contribution in [3.8, 4) is 0 Å². The number of carbonyl (C=O) groups is 1. The maximum Gasteiger partial charge on any atom is 0.175 e. The van der Waals surface area contributed by atoms with Crippen molar-refractivity contribution in [2.24, 2.45) is 0 Å². The third kappa shape index (κ3) is 3.68. The number of rotatable bonds is 5. The monoisotopic (exact) mass is 312 g/mol. The average molecular weight is 312 g/mol. The second-order valence-corrected chi connectivity index (χ2v) is 7.95. The zero-order valence-electron chi connectivity index (χ0n) is 10.2. The van der Waals surface area contributed by atoms with Gasteiger partial charge in [0.05, 0.1) is 9.77 Å². The molecule has 0 amide bonds. The summed E-state index contributed by atoms with van der Waals surface area (Å²) in [7, 11) is -3.14. The number of hydrogen-bond donors (Lipinski definition) is 0. The van der Waals surface area contributed by atoms with Crippen LogP contribution in [0.2, 0.25) is 0 Å². The molecule has 0 spiro atoms. The van der Waals surface area contributed by atoms with Gasteiger partial charge >= 0.3 is 0 Å². The van der Waals surface area contributed by atoms with Crippen LogP contribution in [0.1, 0.15) is 15.2 Å². The van der Waals surface area contributed by atoms with E-state index in [2.05, 4.69) is 0 Å². The Morgan fingerprint density at radius 3 is 2.47 bits per heavy atom. The van der Waals surface area contributed by atoms with Gasteiger partial charge < -0.3 is 0 Å². The van der Waals surface area contributed by atoms with Gasteiger partial charge in [0.2, 0.25) is 0 Å². The maximum atomic E-state index is 11.3. The summed E-state index contributed by atoms with van der Waals surface area (Å²) in [6, 6.07) is 8.75. The molecule has 0 saturated carbocycles. The Morgan fingerprint density at radius 2 is 1.89 bits per heavy atom. The lowest BCUT2D eigenvalue weighted by molar-refractivity contribution is 0.112. The quantitative estimate of drug-likeness (QED) is 0.628. The molecule has 6 heteroatoms. The van der Waals surface area contributed by atoms with Crippen LogP contribution in [-0.2, 0) is 15.6 Å². The second kappa shape index (κ2) is 5.90. The summed E-state index contributed by atoms with van der Waals surface area (Å²) in [5.41, 5.74) is 1.03. The van der Waals surface area contributed by atoms with Crippen LogP contribution in [0.3, 0.4) is 0 Å². The summed E-state index contributed by atoms with van der Waals surface area (Å²) in [6.45, 7) is 0. The minimum absolute atomic E-state index is 0.324. The molecule has 0 atom stereocenters. The van der Waals surface area contributed by atoms with Crippen LogP contribution in [0, 0.1) is 0 Å². The number of carbonyl (C=O) groups excluding carboxylic acids is 1. The molecule has 19 heavy (non-hydrogen) atoms. The maximum absolute atomic E-state index is 11.3.